The van der Waals surface area contributed by atoms with Crippen molar-refractivity contribution in [2.24, 2.45) is 0 Å². The molecule has 3 heteroatoms. The van der Waals surface area contributed by atoms with Crippen LogP contribution < -0.4 is 4.99 Å². The van der Waals surface area contributed by atoms with E-state index in [-0.39, 0.29) is 0 Å². The molecule has 0 atom stereocenters. The Bertz CT molecular complexity index is 1100. The van der Waals surface area contributed by atoms with Gasteiger partial charge in [0.05, 0.1) is 11.1 Å². The maximum absolute atomic E-state index is 3.41. The molecule has 4 aromatic rings. The summed E-state index contributed by atoms with van der Waals surface area (Å²) in [5.74, 6) is 0. The lowest BCUT2D eigenvalue weighted by Crippen LogP contribution is -2.58. The number of aromatic nitrogens is 1. The van der Waals surface area contributed by atoms with E-state index in [1.807, 2.05) is 0 Å². The van der Waals surface area contributed by atoms with Crippen LogP contribution >= 0.6 is 11.3 Å². The summed E-state index contributed by atoms with van der Waals surface area (Å²) in [6, 6.07) is 21.3. The third-order valence-corrected chi connectivity index (χ3v) is 5.37. The monoisotopic (exact) mass is 327 g/mol. The molecular weight excluding hydrogens is 312 g/mol. The lowest BCUT2D eigenvalue weighted by Gasteiger charge is -2.07. The Morgan fingerprint density at radius 3 is 2.71 bits per heavy atom. The van der Waals surface area contributed by atoms with Gasteiger partial charge >= 0.3 is 0 Å². The van der Waals surface area contributed by atoms with Gasteiger partial charge in [0, 0.05) is 39.2 Å². The molecule has 0 unspecified atom stereocenters. The molecule has 2 nitrogen and oxygen atoms in total. The minimum absolute atomic E-state index is 1.17. The highest BCUT2D eigenvalue weighted by molar-refractivity contribution is 7.11. The van der Waals surface area contributed by atoms with Crippen LogP contribution in [0.5, 0.6) is 0 Å². The minimum atomic E-state index is 1.17. The molecule has 3 heterocycles. The smallest absolute Gasteiger partial charge is 0.211 e. The van der Waals surface area contributed by atoms with Crippen LogP contribution in [0, 0.1) is 0 Å². The van der Waals surface area contributed by atoms with E-state index in [0.29, 0.717) is 0 Å². The summed E-state index contributed by atoms with van der Waals surface area (Å²) in [5, 5.41) is 3.39. The first-order valence-electron chi connectivity index (χ1n) is 7.95. The van der Waals surface area contributed by atoms with E-state index in [9.17, 15) is 0 Å². The number of rotatable bonds is 2. The van der Waals surface area contributed by atoms with Crippen molar-refractivity contribution in [2.45, 2.75) is 0 Å². The Labute approximate surface area is 143 Å². The number of H-pyrrole nitrogens is 1. The van der Waals surface area contributed by atoms with Crippen molar-refractivity contribution in [2.75, 3.05) is 0 Å². The van der Waals surface area contributed by atoms with Crippen LogP contribution in [-0.2, 0) is 0 Å². The molecule has 114 valence electrons. The number of benzene rings is 2. The van der Waals surface area contributed by atoms with E-state index < -0.39 is 0 Å². The van der Waals surface area contributed by atoms with E-state index >= 15 is 0 Å². The Hall–Kier alpha value is -2.91. The number of thiophene rings is 1. The van der Waals surface area contributed by atoms with Crippen molar-refractivity contribution >= 4 is 45.3 Å². The average Bonchev–Trinajstić information content (AvgIpc) is 3.36. The van der Waals surface area contributed by atoms with E-state index in [4.69, 9.17) is 0 Å². The second-order valence-corrected chi connectivity index (χ2v) is 6.80. The SMILES string of the molecule is C1=[NH+]c2ccccc2C1=C(c1cccs1)c1c[nH]c2ccccc12. The summed E-state index contributed by atoms with van der Waals surface area (Å²) in [5.41, 5.74) is 7.37. The largest absolute Gasteiger partial charge is 0.361 e. The maximum atomic E-state index is 3.41. The van der Waals surface area contributed by atoms with Crippen LogP contribution in [0.4, 0.5) is 5.69 Å². The number of para-hydroxylation sites is 2. The second-order valence-electron chi connectivity index (χ2n) is 5.85. The van der Waals surface area contributed by atoms with Gasteiger partial charge in [0.25, 0.3) is 0 Å². The van der Waals surface area contributed by atoms with Gasteiger partial charge in [-0.05, 0) is 23.6 Å². The standard InChI is InChI=1S/C21H14N2S/c1-3-8-18-14(6-1)16(12-22-18)21(20-10-5-11-24-20)17-13-23-19-9-4-2-7-15(17)19/h1-13,22H/p+1. The third kappa shape index (κ3) is 1.99. The van der Waals surface area contributed by atoms with Crippen molar-refractivity contribution in [3.05, 3.63) is 88.2 Å². The first-order valence-corrected chi connectivity index (χ1v) is 8.83. The average molecular weight is 327 g/mol. The second kappa shape index (κ2) is 5.32. The molecule has 2 aromatic carbocycles. The molecule has 24 heavy (non-hydrogen) atoms. The van der Waals surface area contributed by atoms with Gasteiger partial charge in [-0.15, -0.1) is 11.3 Å². The van der Waals surface area contributed by atoms with E-state index in [0.717, 1.165) is 0 Å². The van der Waals surface area contributed by atoms with Crippen molar-refractivity contribution in [3.63, 3.8) is 0 Å². The Balaban J connectivity index is 1.86. The van der Waals surface area contributed by atoms with Gasteiger partial charge in [-0.2, -0.15) is 0 Å². The normalized spacial score (nSPS) is 15.0. The predicted molar refractivity (Wildman–Crippen MR) is 102 cm³/mol. The van der Waals surface area contributed by atoms with E-state index in [1.54, 1.807) is 11.3 Å². The van der Waals surface area contributed by atoms with E-state index in [2.05, 4.69) is 88.4 Å². The van der Waals surface area contributed by atoms with Crippen molar-refractivity contribution in [1.82, 2.24) is 4.98 Å². The first kappa shape index (κ1) is 13.5. The molecule has 0 bridgehead atoms. The molecule has 0 spiro atoms. The first-order chi connectivity index (χ1) is 11.9. The lowest BCUT2D eigenvalue weighted by atomic mass is 9.94. The number of nitrogens with one attached hydrogen (secondary N) is 2. The molecular formula is C21H15N2S+. The molecule has 5 rings (SSSR count). The van der Waals surface area contributed by atoms with Crippen molar-refractivity contribution < 1.29 is 4.99 Å². The van der Waals surface area contributed by atoms with Gasteiger partial charge in [0.2, 0.25) is 5.69 Å². The summed E-state index contributed by atoms with van der Waals surface area (Å²) in [4.78, 5) is 8.11. The van der Waals surface area contributed by atoms with Gasteiger partial charge in [-0.1, -0.05) is 36.4 Å². The zero-order valence-electron chi connectivity index (χ0n) is 12.9. The van der Waals surface area contributed by atoms with E-state index in [1.165, 1.54) is 43.7 Å². The quantitative estimate of drug-likeness (QED) is 0.558. The summed E-state index contributed by atoms with van der Waals surface area (Å²) < 4.78 is 0. The van der Waals surface area contributed by atoms with Gasteiger partial charge in [-0.3, -0.25) is 0 Å². The zero-order valence-corrected chi connectivity index (χ0v) is 13.7. The number of hydrogen-bond acceptors (Lipinski definition) is 1. The third-order valence-electron chi connectivity index (χ3n) is 4.48. The molecule has 0 aliphatic carbocycles. The highest BCUT2D eigenvalue weighted by Gasteiger charge is 2.25. The molecule has 2 aromatic heterocycles. The molecule has 0 saturated heterocycles. The van der Waals surface area contributed by atoms with Crippen LogP contribution in [0.1, 0.15) is 16.0 Å². The minimum Gasteiger partial charge on any atom is -0.361 e. The molecule has 0 radical (unpaired) electrons. The number of hydrogen-bond donors (Lipinski definition) is 2. The van der Waals surface area contributed by atoms with Gasteiger partial charge in [0.1, 0.15) is 0 Å². The molecule has 1 aliphatic rings. The topological polar surface area (TPSA) is 29.8 Å². The Morgan fingerprint density at radius 1 is 0.917 bits per heavy atom. The van der Waals surface area contributed by atoms with Gasteiger partial charge < -0.3 is 4.98 Å². The predicted octanol–water partition coefficient (Wildman–Crippen LogP) is 3.99. The molecule has 1 aliphatic heterocycles. The summed E-state index contributed by atoms with van der Waals surface area (Å²) in [6.07, 6.45) is 4.25. The highest BCUT2D eigenvalue weighted by Crippen LogP contribution is 2.38. The zero-order chi connectivity index (χ0) is 15.9. The van der Waals surface area contributed by atoms with Crippen molar-refractivity contribution in [1.29, 1.82) is 0 Å². The van der Waals surface area contributed by atoms with Gasteiger partial charge in [-0.25, -0.2) is 4.99 Å². The summed E-state index contributed by atoms with van der Waals surface area (Å²) >= 11 is 1.78. The number of aromatic amines is 1. The fourth-order valence-corrected chi connectivity index (χ4v) is 4.19. The fourth-order valence-electron chi connectivity index (χ4n) is 3.39. The molecule has 0 fully saturated rings. The number of allylic oxidation sites excluding steroid dienone is 1. The molecule has 2 N–H and O–H groups in total. The van der Waals surface area contributed by atoms with Crippen LogP contribution in [0.2, 0.25) is 0 Å². The summed E-state index contributed by atoms with van der Waals surface area (Å²) in [7, 11) is 0. The Morgan fingerprint density at radius 2 is 1.79 bits per heavy atom. The fraction of sp³-hybridized carbons (Fsp3) is 0. The van der Waals surface area contributed by atoms with Gasteiger partial charge in [0.15, 0.2) is 6.21 Å². The summed E-state index contributed by atoms with van der Waals surface area (Å²) in [6.45, 7) is 0. The molecule has 0 saturated carbocycles. The number of fused-ring (bicyclic) bond motifs is 2. The highest BCUT2D eigenvalue weighted by atomic mass is 32.1. The maximum Gasteiger partial charge on any atom is 0.211 e. The molecule has 0 amide bonds. The van der Waals surface area contributed by atoms with Crippen LogP contribution in [0.15, 0.2) is 72.2 Å². The van der Waals surface area contributed by atoms with Crippen LogP contribution in [-0.4, -0.2) is 11.2 Å². The van der Waals surface area contributed by atoms with Crippen LogP contribution in [0.3, 0.4) is 0 Å². The van der Waals surface area contributed by atoms with Crippen LogP contribution in [0.25, 0.3) is 22.0 Å². The Kier molecular flexibility index (Phi) is 3.00. The lowest BCUT2D eigenvalue weighted by molar-refractivity contribution is -0.342. The van der Waals surface area contributed by atoms with Crippen molar-refractivity contribution in [3.8, 4) is 0 Å².